The molecule has 0 saturated heterocycles. The van der Waals surface area contributed by atoms with Crippen molar-refractivity contribution in [3.05, 3.63) is 40.2 Å². The van der Waals surface area contributed by atoms with Crippen LogP contribution in [0.3, 0.4) is 0 Å². The van der Waals surface area contributed by atoms with Gasteiger partial charge in [0.15, 0.2) is 11.5 Å². The van der Waals surface area contributed by atoms with Gasteiger partial charge in [-0.1, -0.05) is 5.16 Å². The van der Waals surface area contributed by atoms with Crippen molar-refractivity contribution < 1.29 is 19.2 Å². The average Bonchev–Trinajstić information content (AvgIpc) is 2.85. The lowest BCUT2D eigenvalue weighted by molar-refractivity contribution is 0.0685. The molecule has 7 heteroatoms. The highest BCUT2D eigenvalue weighted by atomic mass is 79.9. The molecule has 0 bridgehead atoms. The summed E-state index contributed by atoms with van der Waals surface area (Å²) in [6, 6.07) is 6.90. The highest BCUT2D eigenvalue weighted by Gasteiger charge is 2.10. The summed E-state index contributed by atoms with van der Waals surface area (Å²) >= 11 is 3.38. The fraction of sp³-hybridized carbons (Fsp3) is 0.167. The number of nitrogens with zero attached hydrogens (tertiary/aromatic N) is 1. The van der Waals surface area contributed by atoms with Crippen LogP contribution >= 0.6 is 15.9 Å². The van der Waals surface area contributed by atoms with Crippen molar-refractivity contribution in [3.63, 3.8) is 0 Å². The van der Waals surface area contributed by atoms with Crippen molar-refractivity contribution in [2.75, 3.05) is 12.4 Å². The third-order valence-corrected chi connectivity index (χ3v) is 3.02. The van der Waals surface area contributed by atoms with Crippen LogP contribution in [-0.4, -0.2) is 23.3 Å². The number of carboxylic acids is 1. The molecule has 0 amide bonds. The Morgan fingerprint density at radius 2 is 2.32 bits per heavy atom. The normalized spacial score (nSPS) is 10.2. The number of aromatic carboxylic acids is 1. The first-order valence-electron chi connectivity index (χ1n) is 5.36. The molecule has 1 heterocycles. The molecule has 100 valence electrons. The van der Waals surface area contributed by atoms with Crippen LogP contribution in [0.4, 0.5) is 5.69 Å². The van der Waals surface area contributed by atoms with Gasteiger partial charge in [-0.3, -0.25) is 0 Å². The van der Waals surface area contributed by atoms with Crippen molar-refractivity contribution >= 4 is 27.6 Å². The number of nitrogens with one attached hydrogen (secondary N) is 1. The monoisotopic (exact) mass is 326 g/mol. The highest BCUT2D eigenvalue weighted by molar-refractivity contribution is 9.10. The predicted octanol–water partition coefficient (Wildman–Crippen LogP) is 2.76. The number of benzene rings is 1. The zero-order chi connectivity index (χ0) is 13.8. The SMILES string of the molecule is COc1ccc(NCc2cc(C(=O)O)no2)cc1Br. The summed E-state index contributed by atoms with van der Waals surface area (Å²) in [5.74, 6) is 0.0740. The molecular formula is C12H11BrN2O4. The van der Waals surface area contributed by atoms with Gasteiger partial charge >= 0.3 is 5.97 Å². The van der Waals surface area contributed by atoms with Crippen LogP contribution in [0.2, 0.25) is 0 Å². The fourth-order valence-corrected chi connectivity index (χ4v) is 2.00. The van der Waals surface area contributed by atoms with E-state index in [1.165, 1.54) is 6.07 Å². The van der Waals surface area contributed by atoms with Crippen LogP contribution in [0.15, 0.2) is 33.3 Å². The van der Waals surface area contributed by atoms with E-state index >= 15 is 0 Å². The molecule has 0 saturated carbocycles. The predicted molar refractivity (Wildman–Crippen MR) is 71.5 cm³/mol. The Morgan fingerprint density at radius 3 is 2.89 bits per heavy atom. The number of carboxylic acid groups (broad SMARTS) is 1. The average molecular weight is 327 g/mol. The second-order valence-electron chi connectivity index (χ2n) is 3.69. The van der Waals surface area contributed by atoms with E-state index in [4.69, 9.17) is 14.4 Å². The van der Waals surface area contributed by atoms with Gasteiger partial charge < -0.3 is 19.7 Å². The van der Waals surface area contributed by atoms with Crippen molar-refractivity contribution in [1.29, 1.82) is 0 Å². The molecule has 0 aliphatic rings. The maximum absolute atomic E-state index is 10.6. The van der Waals surface area contributed by atoms with Crippen LogP contribution in [-0.2, 0) is 6.54 Å². The van der Waals surface area contributed by atoms with Crippen molar-refractivity contribution in [2.24, 2.45) is 0 Å². The summed E-state index contributed by atoms with van der Waals surface area (Å²) < 4.78 is 10.8. The van der Waals surface area contributed by atoms with Gasteiger partial charge in [-0.2, -0.15) is 0 Å². The molecule has 0 aliphatic carbocycles. The standard InChI is InChI=1S/C12H11BrN2O4/c1-18-11-3-2-7(4-9(11)13)14-6-8-5-10(12(16)17)15-19-8/h2-5,14H,6H2,1H3,(H,16,17). The quantitative estimate of drug-likeness (QED) is 0.878. The Bertz CT molecular complexity index is 597. The van der Waals surface area contributed by atoms with E-state index in [-0.39, 0.29) is 5.69 Å². The van der Waals surface area contributed by atoms with E-state index in [0.29, 0.717) is 12.3 Å². The lowest BCUT2D eigenvalue weighted by Crippen LogP contribution is -1.99. The molecule has 0 unspecified atom stereocenters. The van der Waals surface area contributed by atoms with Gasteiger partial charge in [0, 0.05) is 11.8 Å². The van der Waals surface area contributed by atoms with E-state index < -0.39 is 5.97 Å². The summed E-state index contributed by atoms with van der Waals surface area (Å²) in [4.78, 5) is 10.6. The van der Waals surface area contributed by atoms with E-state index in [2.05, 4.69) is 26.4 Å². The lowest BCUT2D eigenvalue weighted by Gasteiger charge is -2.07. The first kappa shape index (κ1) is 13.4. The fourth-order valence-electron chi connectivity index (χ4n) is 1.46. The van der Waals surface area contributed by atoms with E-state index in [1.54, 1.807) is 7.11 Å². The maximum Gasteiger partial charge on any atom is 0.358 e. The van der Waals surface area contributed by atoms with Crippen LogP contribution < -0.4 is 10.1 Å². The van der Waals surface area contributed by atoms with Crippen LogP contribution in [0.5, 0.6) is 5.75 Å². The van der Waals surface area contributed by atoms with Crippen molar-refractivity contribution in [3.8, 4) is 5.75 Å². The summed E-state index contributed by atoms with van der Waals surface area (Å²) in [5, 5.41) is 15.2. The lowest BCUT2D eigenvalue weighted by atomic mass is 10.3. The van der Waals surface area contributed by atoms with Crippen LogP contribution in [0.25, 0.3) is 0 Å². The molecular weight excluding hydrogens is 316 g/mol. The van der Waals surface area contributed by atoms with E-state index in [9.17, 15) is 4.79 Å². The van der Waals surface area contributed by atoms with Crippen molar-refractivity contribution in [2.45, 2.75) is 6.54 Å². The maximum atomic E-state index is 10.6. The second kappa shape index (κ2) is 5.75. The molecule has 2 N–H and O–H groups in total. The number of hydrogen-bond acceptors (Lipinski definition) is 5. The summed E-state index contributed by atoms with van der Waals surface area (Å²) in [7, 11) is 1.59. The number of carbonyl (C=O) groups is 1. The molecule has 0 aliphatic heterocycles. The molecule has 0 radical (unpaired) electrons. The number of ether oxygens (including phenoxy) is 1. The summed E-state index contributed by atoms with van der Waals surface area (Å²) in [6.07, 6.45) is 0. The molecule has 2 aromatic rings. The second-order valence-corrected chi connectivity index (χ2v) is 4.54. The van der Waals surface area contributed by atoms with Gasteiger partial charge in [-0.05, 0) is 34.1 Å². The van der Waals surface area contributed by atoms with Crippen LogP contribution in [0, 0.1) is 0 Å². The van der Waals surface area contributed by atoms with E-state index in [0.717, 1.165) is 15.9 Å². The Hall–Kier alpha value is -2.02. The number of methoxy groups -OCH3 is 1. The highest BCUT2D eigenvalue weighted by Crippen LogP contribution is 2.27. The Morgan fingerprint density at radius 1 is 1.53 bits per heavy atom. The van der Waals surface area contributed by atoms with Gasteiger partial charge in [0.2, 0.25) is 0 Å². The number of rotatable bonds is 5. The molecule has 19 heavy (non-hydrogen) atoms. The minimum Gasteiger partial charge on any atom is -0.496 e. The van der Waals surface area contributed by atoms with Gasteiger partial charge in [-0.25, -0.2) is 4.79 Å². The molecule has 1 aromatic heterocycles. The van der Waals surface area contributed by atoms with Gasteiger partial charge in [0.25, 0.3) is 0 Å². The minimum atomic E-state index is -1.11. The first-order valence-corrected chi connectivity index (χ1v) is 6.15. The summed E-state index contributed by atoms with van der Waals surface area (Å²) in [6.45, 7) is 0.346. The number of halogens is 1. The van der Waals surface area contributed by atoms with Gasteiger partial charge in [-0.15, -0.1) is 0 Å². The van der Waals surface area contributed by atoms with Gasteiger partial charge in [0.1, 0.15) is 5.75 Å². The molecule has 1 aromatic carbocycles. The zero-order valence-electron chi connectivity index (χ0n) is 10.0. The molecule has 6 nitrogen and oxygen atoms in total. The number of anilines is 1. The van der Waals surface area contributed by atoms with E-state index in [1.807, 2.05) is 18.2 Å². The summed E-state index contributed by atoms with van der Waals surface area (Å²) in [5.41, 5.74) is 0.744. The third-order valence-electron chi connectivity index (χ3n) is 2.40. The zero-order valence-corrected chi connectivity index (χ0v) is 11.6. The van der Waals surface area contributed by atoms with Crippen LogP contribution in [0.1, 0.15) is 16.2 Å². The van der Waals surface area contributed by atoms with Gasteiger partial charge in [0.05, 0.1) is 18.1 Å². The minimum absolute atomic E-state index is 0.104. The Labute approximate surface area is 117 Å². The topological polar surface area (TPSA) is 84.6 Å². The number of aromatic nitrogens is 1. The molecule has 0 spiro atoms. The van der Waals surface area contributed by atoms with Crippen molar-refractivity contribution in [1.82, 2.24) is 5.16 Å². The Balaban J connectivity index is 2.01. The molecule has 0 fully saturated rings. The smallest absolute Gasteiger partial charge is 0.358 e. The third kappa shape index (κ3) is 3.25. The largest absolute Gasteiger partial charge is 0.496 e. The Kier molecular flexibility index (Phi) is 4.06. The number of hydrogen-bond donors (Lipinski definition) is 2. The molecule has 0 atom stereocenters. The molecule has 2 rings (SSSR count). The first-order chi connectivity index (χ1) is 9.10.